The number of carbonyl (C=O) groups is 1. The van der Waals surface area contributed by atoms with Crippen LogP contribution in [-0.2, 0) is 4.79 Å². The van der Waals surface area contributed by atoms with Gasteiger partial charge in [0.25, 0.3) is 0 Å². The molecule has 2 N–H and O–H groups in total. The molecule has 0 unspecified atom stereocenters. The second kappa shape index (κ2) is 5.87. The highest BCUT2D eigenvalue weighted by Gasteiger charge is 2.18. The molecule has 1 aromatic heterocycles. The molecule has 0 spiro atoms. The first-order valence-corrected chi connectivity index (χ1v) is 6.02. The second-order valence-electron chi connectivity index (χ2n) is 4.90. The van der Waals surface area contributed by atoms with Crippen molar-refractivity contribution in [2.75, 3.05) is 6.54 Å². The van der Waals surface area contributed by atoms with E-state index in [2.05, 4.69) is 17.6 Å². The number of hydrogen-bond donors (Lipinski definition) is 2. The molecule has 17 heavy (non-hydrogen) atoms. The quantitative estimate of drug-likeness (QED) is 0.799. The van der Waals surface area contributed by atoms with Gasteiger partial charge in [-0.15, -0.1) is 0 Å². The van der Waals surface area contributed by atoms with E-state index in [0.717, 1.165) is 12.2 Å². The zero-order valence-electron chi connectivity index (χ0n) is 11.0. The molecule has 0 aliphatic rings. The minimum atomic E-state index is -0.146. The molecular weight excluding hydrogens is 216 g/mol. The van der Waals surface area contributed by atoms with E-state index in [1.54, 1.807) is 6.26 Å². The monoisotopic (exact) mass is 238 g/mol. The van der Waals surface area contributed by atoms with Crippen LogP contribution in [0, 0.1) is 0 Å². The third kappa shape index (κ3) is 4.61. The average molecular weight is 238 g/mol. The maximum Gasteiger partial charge on any atom is 0.234 e. The van der Waals surface area contributed by atoms with E-state index in [4.69, 9.17) is 4.42 Å². The van der Waals surface area contributed by atoms with Crippen molar-refractivity contribution in [1.82, 2.24) is 10.6 Å². The Hall–Kier alpha value is -1.29. The normalized spacial score (nSPS) is 13.4. The molecule has 96 valence electrons. The van der Waals surface area contributed by atoms with Gasteiger partial charge in [-0.05, 0) is 39.3 Å². The van der Waals surface area contributed by atoms with Crippen molar-refractivity contribution in [3.63, 3.8) is 0 Å². The lowest BCUT2D eigenvalue weighted by atomic mass is 10.0. The van der Waals surface area contributed by atoms with E-state index in [-0.39, 0.29) is 17.5 Å². The Bertz CT molecular complexity index is 344. The Morgan fingerprint density at radius 3 is 2.76 bits per heavy atom. The van der Waals surface area contributed by atoms with E-state index in [9.17, 15) is 4.79 Å². The number of hydrogen-bond acceptors (Lipinski definition) is 3. The van der Waals surface area contributed by atoms with Crippen molar-refractivity contribution in [2.45, 2.75) is 45.7 Å². The van der Waals surface area contributed by atoms with Gasteiger partial charge in [0.2, 0.25) is 5.91 Å². The molecule has 4 nitrogen and oxygen atoms in total. The van der Waals surface area contributed by atoms with Gasteiger partial charge < -0.3 is 9.73 Å². The lowest BCUT2D eigenvalue weighted by Gasteiger charge is -2.25. The first-order chi connectivity index (χ1) is 7.94. The van der Waals surface area contributed by atoms with Gasteiger partial charge in [-0.2, -0.15) is 0 Å². The molecular formula is C13H22N2O2. The van der Waals surface area contributed by atoms with Crippen molar-refractivity contribution < 1.29 is 9.21 Å². The van der Waals surface area contributed by atoms with Gasteiger partial charge in [-0.1, -0.05) is 6.92 Å². The van der Waals surface area contributed by atoms with Crippen LogP contribution in [0.15, 0.2) is 22.8 Å². The summed E-state index contributed by atoms with van der Waals surface area (Å²) in [7, 11) is 0. The summed E-state index contributed by atoms with van der Waals surface area (Å²) < 4.78 is 5.26. The Labute approximate surface area is 103 Å². The Morgan fingerprint density at radius 2 is 2.24 bits per heavy atom. The maximum absolute atomic E-state index is 11.7. The van der Waals surface area contributed by atoms with E-state index in [1.807, 2.05) is 32.9 Å². The number of furan rings is 1. The maximum atomic E-state index is 11.7. The van der Waals surface area contributed by atoms with Gasteiger partial charge >= 0.3 is 0 Å². The largest absolute Gasteiger partial charge is 0.468 e. The van der Waals surface area contributed by atoms with E-state index in [1.165, 1.54) is 0 Å². The summed E-state index contributed by atoms with van der Waals surface area (Å²) in [5, 5.41) is 6.10. The molecule has 1 atom stereocenters. The molecule has 4 heteroatoms. The summed E-state index contributed by atoms with van der Waals surface area (Å²) in [5.41, 5.74) is -0.146. The molecule has 0 saturated carbocycles. The SMILES string of the molecule is CCC(C)(C)NC(=O)CN[C@@H](C)c1ccco1. The zero-order chi connectivity index (χ0) is 12.9. The number of nitrogens with one attached hydrogen (secondary N) is 2. The van der Waals surface area contributed by atoms with E-state index in [0.29, 0.717) is 6.54 Å². The van der Waals surface area contributed by atoms with Gasteiger partial charge in [0.1, 0.15) is 5.76 Å². The fourth-order valence-electron chi connectivity index (χ4n) is 1.39. The Kier molecular flexibility index (Phi) is 4.75. The van der Waals surface area contributed by atoms with Crippen LogP contribution in [0.3, 0.4) is 0 Å². The van der Waals surface area contributed by atoms with Gasteiger partial charge in [0.15, 0.2) is 0 Å². The fourth-order valence-corrected chi connectivity index (χ4v) is 1.39. The molecule has 0 bridgehead atoms. The first kappa shape index (κ1) is 13.8. The zero-order valence-corrected chi connectivity index (χ0v) is 11.0. The summed E-state index contributed by atoms with van der Waals surface area (Å²) in [6.07, 6.45) is 2.54. The summed E-state index contributed by atoms with van der Waals surface area (Å²) >= 11 is 0. The second-order valence-corrected chi connectivity index (χ2v) is 4.90. The van der Waals surface area contributed by atoms with Crippen molar-refractivity contribution in [3.05, 3.63) is 24.2 Å². The highest BCUT2D eigenvalue weighted by molar-refractivity contribution is 5.78. The summed E-state index contributed by atoms with van der Waals surface area (Å²) in [5.74, 6) is 0.850. The van der Waals surface area contributed by atoms with Crippen LogP contribution in [0.1, 0.15) is 45.9 Å². The third-order valence-corrected chi connectivity index (χ3v) is 2.90. The molecule has 1 amide bonds. The topological polar surface area (TPSA) is 54.3 Å². The van der Waals surface area contributed by atoms with Gasteiger partial charge in [0.05, 0.1) is 18.8 Å². The Morgan fingerprint density at radius 1 is 1.53 bits per heavy atom. The highest BCUT2D eigenvalue weighted by atomic mass is 16.3. The summed E-state index contributed by atoms with van der Waals surface area (Å²) in [6, 6.07) is 3.78. The molecule has 1 heterocycles. The lowest BCUT2D eigenvalue weighted by molar-refractivity contribution is -0.122. The highest BCUT2D eigenvalue weighted by Crippen LogP contribution is 2.11. The van der Waals surface area contributed by atoms with Gasteiger partial charge in [-0.25, -0.2) is 0 Å². The molecule has 0 saturated heterocycles. The van der Waals surface area contributed by atoms with Crippen molar-refractivity contribution >= 4 is 5.91 Å². The standard InChI is InChI=1S/C13H22N2O2/c1-5-13(3,4)15-12(16)9-14-10(2)11-7-6-8-17-11/h6-8,10,14H,5,9H2,1-4H3,(H,15,16)/t10-/m0/s1. The van der Waals surface area contributed by atoms with Crippen LogP contribution < -0.4 is 10.6 Å². The Balaban J connectivity index is 2.34. The smallest absolute Gasteiger partial charge is 0.234 e. The van der Waals surface area contributed by atoms with Crippen LogP contribution in [0.5, 0.6) is 0 Å². The number of rotatable bonds is 6. The van der Waals surface area contributed by atoms with Crippen LogP contribution in [0.4, 0.5) is 0 Å². The predicted octanol–water partition coefficient (Wildman–Crippen LogP) is 2.23. The first-order valence-electron chi connectivity index (χ1n) is 6.02. The van der Waals surface area contributed by atoms with Crippen molar-refractivity contribution in [1.29, 1.82) is 0 Å². The summed E-state index contributed by atoms with van der Waals surface area (Å²) in [4.78, 5) is 11.7. The summed E-state index contributed by atoms with van der Waals surface area (Å²) in [6.45, 7) is 8.35. The molecule has 0 aromatic carbocycles. The van der Waals surface area contributed by atoms with E-state index >= 15 is 0 Å². The molecule has 0 radical (unpaired) electrons. The van der Waals surface area contributed by atoms with Gasteiger partial charge in [-0.3, -0.25) is 10.1 Å². The average Bonchev–Trinajstić information content (AvgIpc) is 2.78. The molecule has 0 aliphatic heterocycles. The van der Waals surface area contributed by atoms with Crippen LogP contribution in [0.25, 0.3) is 0 Å². The lowest BCUT2D eigenvalue weighted by Crippen LogP contribution is -2.46. The fraction of sp³-hybridized carbons (Fsp3) is 0.615. The van der Waals surface area contributed by atoms with E-state index < -0.39 is 0 Å². The minimum Gasteiger partial charge on any atom is -0.468 e. The predicted molar refractivity (Wildman–Crippen MR) is 67.6 cm³/mol. The number of amides is 1. The molecule has 0 aliphatic carbocycles. The molecule has 1 rings (SSSR count). The molecule has 0 fully saturated rings. The van der Waals surface area contributed by atoms with Gasteiger partial charge in [0, 0.05) is 5.54 Å². The van der Waals surface area contributed by atoms with Crippen molar-refractivity contribution in [3.8, 4) is 0 Å². The van der Waals surface area contributed by atoms with Crippen LogP contribution in [0.2, 0.25) is 0 Å². The van der Waals surface area contributed by atoms with Crippen LogP contribution in [-0.4, -0.2) is 18.0 Å². The third-order valence-electron chi connectivity index (χ3n) is 2.90. The van der Waals surface area contributed by atoms with Crippen molar-refractivity contribution in [2.24, 2.45) is 0 Å². The molecule has 1 aromatic rings. The minimum absolute atomic E-state index is 0.00950. The van der Waals surface area contributed by atoms with Crippen LogP contribution >= 0.6 is 0 Å². The number of carbonyl (C=O) groups excluding carboxylic acids is 1.